The lowest BCUT2D eigenvalue weighted by atomic mass is 9.63. The molecule has 0 aromatic heterocycles. The summed E-state index contributed by atoms with van der Waals surface area (Å²) >= 11 is 0. The third-order valence-corrected chi connectivity index (χ3v) is 4.89. The van der Waals surface area contributed by atoms with Gasteiger partial charge < -0.3 is 4.90 Å². The minimum absolute atomic E-state index is 0.102. The molecule has 3 atom stereocenters. The average Bonchev–Trinajstić information content (AvgIpc) is 2.84. The summed E-state index contributed by atoms with van der Waals surface area (Å²) in [5.74, 6) is -0.479. The number of nitrogens with zero attached hydrogens (tertiary/aromatic N) is 1. The molecule has 3 amide bonds. The van der Waals surface area contributed by atoms with Crippen LogP contribution in [0.1, 0.15) is 39.0 Å². The number of hydrogen-bond donors (Lipinski definition) is 1. The van der Waals surface area contributed by atoms with Crippen molar-refractivity contribution >= 4 is 17.7 Å². The second kappa shape index (κ2) is 3.80. The number of carbonyl (C=O) groups excluding carboxylic acids is 3. The van der Waals surface area contributed by atoms with Crippen LogP contribution in [0.3, 0.4) is 0 Å². The van der Waals surface area contributed by atoms with Gasteiger partial charge in [0.05, 0.1) is 0 Å². The number of fused-ring (bicyclic) bond motifs is 2. The van der Waals surface area contributed by atoms with Crippen LogP contribution in [-0.2, 0) is 14.4 Å². The van der Waals surface area contributed by atoms with Crippen molar-refractivity contribution in [1.82, 2.24) is 10.2 Å². The SMILES string of the molecule is CCC1C(=O)NC(=O)CC12CC(=O)N1CCCC12. The van der Waals surface area contributed by atoms with E-state index in [1.165, 1.54) is 0 Å². The van der Waals surface area contributed by atoms with E-state index in [4.69, 9.17) is 0 Å². The summed E-state index contributed by atoms with van der Waals surface area (Å²) < 4.78 is 0. The van der Waals surface area contributed by atoms with E-state index < -0.39 is 5.41 Å². The Bertz CT molecular complexity index is 430. The molecule has 3 heterocycles. The highest BCUT2D eigenvalue weighted by Gasteiger charge is 2.60. The summed E-state index contributed by atoms with van der Waals surface area (Å²) in [6, 6.07) is 0.102. The maximum absolute atomic E-state index is 12.1. The number of amides is 3. The second-order valence-electron chi connectivity index (χ2n) is 5.71. The molecule has 0 aliphatic carbocycles. The number of carbonyl (C=O) groups is 3. The molecule has 1 N–H and O–H groups in total. The van der Waals surface area contributed by atoms with E-state index in [2.05, 4.69) is 5.32 Å². The second-order valence-corrected chi connectivity index (χ2v) is 5.71. The van der Waals surface area contributed by atoms with Crippen LogP contribution in [0.5, 0.6) is 0 Å². The summed E-state index contributed by atoms with van der Waals surface area (Å²) in [6.07, 6.45) is 3.31. The molecular formula is C13H18N2O3. The first-order chi connectivity index (χ1) is 8.58. The molecule has 18 heavy (non-hydrogen) atoms. The van der Waals surface area contributed by atoms with E-state index in [-0.39, 0.29) is 29.7 Å². The lowest BCUT2D eigenvalue weighted by molar-refractivity contribution is -0.145. The van der Waals surface area contributed by atoms with Crippen molar-refractivity contribution in [3.8, 4) is 0 Å². The molecule has 5 heteroatoms. The molecule has 0 saturated carbocycles. The molecule has 1 spiro atoms. The van der Waals surface area contributed by atoms with Gasteiger partial charge in [0.2, 0.25) is 17.7 Å². The van der Waals surface area contributed by atoms with Crippen molar-refractivity contribution in [2.24, 2.45) is 11.3 Å². The highest BCUT2D eigenvalue weighted by Crippen LogP contribution is 2.52. The fraction of sp³-hybridized carbons (Fsp3) is 0.769. The molecule has 0 aromatic rings. The minimum Gasteiger partial charge on any atom is -0.339 e. The summed E-state index contributed by atoms with van der Waals surface area (Å²) in [5.41, 5.74) is -0.429. The molecule has 98 valence electrons. The minimum atomic E-state index is -0.429. The lowest BCUT2D eigenvalue weighted by Crippen LogP contribution is -2.55. The quantitative estimate of drug-likeness (QED) is 0.687. The Balaban J connectivity index is 2.03. The van der Waals surface area contributed by atoms with Gasteiger partial charge in [0.1, 0.15) is 0 Å². The van der Waals surface area contributed by atoms with Crippen LogP contribution in [-0.4, -0.2) is 35.2 Å². The van der Waals surface area contributed by atoms with E-state index in [9.17, 15) is 14.4 Å². The number of piperidine rings is 1. The summed E-state index contributed by atoms with van der Waals surface area (Å²) in [6.45, 7) is 2.75. The monoisotopic (exact) mass is 250 g/mol. The molecule has 5 nitrogen and oxygen atoms in total. The molecule has 3 fully saturated rings. The van der Waals surface area contributed by atoms with E-state index >= 15 is 0 Å². The van der Waals surface area contributed by atoms with Crippen LogP contribution < -0.4 is 5.32 Å². The Morgan fingerprint density at radius 2 is 2.11 bits per heavy atom. The van der Waals surface area contributed by atoms with Gasteiger partial charge in [-0.15, -0.1) is 0 Å². The van der Waals surface area contributed by atoms with Gasteiger partial charge in [-0.3, -0.25) is 19.7 Å². The van der Waals surface area contributed by atoms with Gasteiger partial charge >= 0.3 is 0 Å². The van der Waals surface area contributed by atoms with Crippen molar-refractivity contribution in [2.75, 3.05) is 6.54 Å². The summed E-state index contributed by atoms with van der Waals surface area (Å²) in [5, 5.41) is 2.42. The van der Waals surface area contributed by atoms with Crippen molar-refractivity contribution in [3.63, 3.8) is 0 Å². The van der Waals surface area contributed by atoms with Gasteiger partial charge in [-0.25, -0.2) is 0 Å². The molecule has 0 aromatic carbocycles. The van der Waals surface area contributed by atoms with Gasteiger partial charge in [0.25, 0.3) is 0 Å². The molecule has 3 rings (SSSR count). The van der Waals surface area contributed by atoms with Crippen LogP contribution >= 0.6 is 0 Å². The largest absolute Gasteiger partial charge is 0.339 e. The smallest absolute Gasteiger partial charge is 0.230 e. The maximum atomic E-state index is 12.1. The Labute approximate surface area is 106 Å². The van der Waals surface area contributed by atoms with Crippen LogP contribution in [0.15, 0.2) is 0 Å². The van der Waals surface area contributed by atoms with Crippen LogP contribution in [0.4, 0.5) is 0 Å². The van der Waals surface area contributed by atoms with E-state index in [1.54, 1.807) is 0 Å². The zero-order valence-corrected chi connectivity index (χ0v) is 10.6. The topological polar surface area (TPSA) is 66.5 Å². The van der Waals surface area contributed by atoms with Gasteiger partial charge in [-0.05, 0) is 19.3 Å². The molecular weight excluding hydrogens is 232 g/mol. The van der Waals surface area contributed by atoms with Gasteiger partial charge in [0, 0.05) is 36.8 Å². The number of hydrogen-bond acceptors (Lipinski definition) is 3. The summed E-state index contributed by atoms with van der Waals surface area (Å²) in [4.78, 5) is 37.7. The number of rotatable bonds is 1. The normalized spacial score (nSPS) is 39.4. The van der Waals surface area contributed by atoms with Gasteiger partial charge in [-0.2, -0.15) is 0 Å². The summed E-state index contributed by atoms with van der Waals surface area (Å²) in [7, 11) is 0. The number of nitrogens with one attached hydrogen (secondary N) is 1. The molecule has 0 radical (unpaired) electrons. The fourth-order valence-electron chi connectivity index (χ4n) is 4.24. The zero-order valence-electron chi connectivity index (χ0n) is 10.6. The van der Waals surface area contributed by atoms with E-state index in [0.717, 1.165) is 19.4 Å². The number of imide groups is 1. The van der Waals surface area contributed by atoms with Gasteiger partial charge in [0.15, 0.2) is 0 Å². The molecule has 3 saturated heterocycles. The molecule has 3 aliphatic rings. The average molecular weight is 250 g/mol. The predicted molar refractivity (Wildman–Crippen MR) is 63.3 cm³/mol. The standard InChI is InChI=1S/C13H18N2O3/c1-2-8-12(18)14-10(16)6-13(8)7-11(17)15-5-3-4-9(13)15/h8-9H,2-7H2,1H3,(H,14,16,18). The van der Waals surface area contributed by atoms with Crippen molar-refractivity contribution in [1.29, 1.82) is 0 Å². The first kappa shape index (κ1) is 11.7. The third kappa shape index (κ3) is 1.36. The van der Waals surface area contributed by atoms with Crippen molar-refractivity contribution < 1.29 is 14.4 Å². The molecule has 3 unspecified atom stereocenters. The first-order valence-corrected chi connectivity index (χ1v) is 6.71. The van der Waals surface area contributed by atoms with Crippen LogP contribution in [0.25, 0.3) is 0 Å². The molecule has 3 aliphatic heterocycles. The fourth-order valence-corrected chi connectivity index (χ4v) is 4.24. The van der Waals surface area contributed by atoms with Gasteiger partial charge in [-0.1, -0.05) is 6.92 Å². The Kier molecular flexibility index (Phi) is 2.47. The predicted octanol–water partition coefficient (Wildman–Crippen LogP) is 0.440. The van der Waals surface area contributed by atoms with E-state index in [0.29, 0.717) is 19.3 Å². The first-order valence-electron chi connectivity index (χ1n) is 6.71. The lowest BCUT2D eigenvalue weighted by Gasteiger charge is -2.42. The highest BCUT2D eigenvalue weighted by molar-refractivity contribution is 6.01. The Morgan fingerprint density at radius 3 is 2.83 bits per heavy atom. The van der Waals surface area contributed by atoms with Crippen LogP contribution in [0.2, 0.25) is 0 Å². The Hall–Kier alpha value is -1.39. The highest BCUT2D eigenvalue weighted by atomic mass is 16.2. The molecule has 0 bridgehead atoms. The maximum Gasteiger partial charge on any atom is 0.230 e. The third-order valence-electron chi connectivity index (χ3n) is 4.89. The van der Waals surface area contributed by atoms with Crippen molar-refractivity contribution in [2.45, 2.75) is 45.1 Å². The van der Waals surface area contributed by atoms with Crippen LogP contribution in [0, 0.1) is 11.3 Å². The Morgan fingerprint density at radius 1 is 1.33 bits per heavy atom. The van der Waals surface area contributed by atoms with Crippen molar-refractivity contribution in [3.05, 3.63) is 0 Å². The zero-order chi connectivity index (χ0) is 12.9. The van der Waals surface area contributed by atoms with E-state index in [1.807, 2.05) is 11.8 Å².